The first-order valence-corrected chi connectivity index (χ1v) is 8.70. The van der Waals surface area contributed by atoms with Crippen molar-refractivity contribution in [2.75, 3.05) is 17.2 Å². The maximum Gasteiger partial charge on any atom is 0.238 e. The first kappa shape index (κ1) is 13.7. The van der Waals surface area contributed by atoms with Crippen molar-refractivity contribution in [1.29, 1.82) is 0 Å². The van der Waals surface area contributed by atoms with Gasteiger partial charge in [0.25, 0.3) is 0 Å². The molecule has 1 heterocycles. The zero-order valence-electron chi connectivity index (χ0n) is 11.5. The minimum absolute atomic E-state index is 0.141. The number of fused-ring (bicyclic) bond motifs is 1. The fourth-order valence-corrected chi connectivity index (χ4v) is 4.24. The molecule has 1 aromatic carbocycles. The van der Waals surface area contributed by atoms with Crippen molar-refractivity contribution in [2.24, 2.45) is 11.1 Å². The number of nitrogen functional groups attached to an aromatic ring is 1. The van der Waals surface area contributed by atoms with Crippen LogP contribution in [0.2, 0.25) is 0 Å². The summed E-state index contributed by atoms with van der Waals surface area (Å²) in [5, 5.41) is 5.22. The molecule has 3 rings (SSSR count). The Bertz CT molecular complexity index is 615. The van der Waals surface area contributed by atoms with E-state index < -0.39 is 10.0 Å². The summed E-state index contributed by atoms with van der Waals surface area (Å²) < 4.78 is 23.1. The highest BCUT2D eigenvalue weighted by molar-refractivity contribution is 7.89. The van der Waals surface area contributed by atoms with E-state index in [4.69, 9.17) is 10.9 Å². The Morgan fingerprint density at radius 2 is 1.90 bits per heavy atom. The number of hydrogen-bond donors (Lipinski definition) is 2. The van der Waals surface area contributed by atoms with Gasteiger partial charge in [-0.2, -0.15) is 0 Å². The first-order chi connectivity index (χ1) is 9.47. The topological polar surface area (TPSA) is 89.4 Å². The van der Waals surface area contributed by atoms with Gasteiger partial charge < -0.3 is 10.6 Å². The molecule has 2 aliphatic rings. The van der Waals surface area contributed by atoms with Crippen molar-refractivity contribution in [1.82, 2.24) is 0 Å². The van der Waals surface area contributed by atoms with Gasteiger partial charge in [-0.15, -0.1) is 0 Å². The number of nitrogens with two attached hydrogens (primary N) is 2. The second-order valence-corrected chi connectivity index (χ2v) is 7.42. The van der Waals surface area contributed by atoms with E-state index in [2.05, 4.69) is 4.90 Å². The maximum atomic E-state index is 11.5. The second-order valence-electron chi connectivity index (χ2n) is 5.86. The van der Waals surface area contributed by atoms with Gasteiger partial charge in [-0.1, -0.05) is 6.42 Å². The smallest absolute Gasteiger partial charge is 0.238 e. The quantitative estimate of drug-likeness (QED) is 0.812. The van der Waals surface area contributed by atoms with E-state index in [1.165, 1.54) is 31.7 Å². The van der Waals surface area contributed by atoms with Crippen LogP contribution in [-0.4, -0.2) is 21.0 Å². The largest absolute Gasteiger partial charge is 0.397 e. The normalized spacial score (nSPS) is 26.6. The molecule has 4 N–H and O–H groups in total. The third-order valence-corrected chi connectivity index (χ3v) is 5.54. The molecule has 20 heavy (non-hydrogen) atoms. The lowest BCUT2D eigenvalue weighted by Crippen LogP contribution is -2.43. The molecule has 0 amide bonds. The van der Waals surface area contributed by atoms with Crippen LogP contribution in [0.15, 0.2) is 23.1 Å². The highest BCUT2D eigenvalue weighted by atomic mass is 32.2. The molecule has 2 atom stereocenters. The van der Waals surface area contributed by atoms with Crippen molar-refractivity contribution >= 4 is 21.4 Å². The van der Waals surface area contributed by atoms with Gasteiger partial charge >= 0.3 is 0 Å². The Balaban J connectivity index is 2.00. The number of primary sulfonamides is 1. The zero-order valence-corrected chi connectivity index (χ0v) is 12.3. The Morgan fingerprint density at radius 3 is 2.65 bits per heavy atom. The highest BCUT2D eigenvalue weighted by Gasteiger charge is 2.35. The predicted molar refractivity (Wildman–Crippen MR) is 79.9 cm³/mol. The molecule has 1 saturated heterocycles. The van der Waals surface area contributed by atoms with Gasteiger partial charge in [-0.25, -0.2) is 13.6 Å². The third kappa shape index (κ3) is 2.38. The van der Waals surface area contributed by atoms with Gasteiger partial charge in [0.15, 0.2) is 0 Å². The molecule has 1 aromatic rings. The number of sulfonamides is 1. The predicted octanol–water partition coefficient (Wildman–Crippen LogP) is 1.69. The minimum Gasteiger partial charge on any atom is -0.397 e. The lowest BCUT2D eigenvalue weighted by molar-refractivity contribution is 0.362. The number of piperidine rings is 1. The summed E-state index contributed by atoms with van der Waals surface area (Å²) in [5.74, 6) is 0.723. The summed E-state index contributed by atoms with van der Waals surface area (Å²) in [7, 11) is -3.69. The molecule has 2 unspecified atom stereocenters. The number of rotatable bonds is 2. The maximum absolute atomic E-state index is 11.5. The minimum atomic E-state index is -3.69. The Labute approximate surface area is 120 Å². The summed E-state index contributed by atoms with van der Waals surface area (Å²) in [6.45, 7) is 0.944. The number of benzene rings is 1. The number of anilines is 2. The van der Waals surface area contributed by atoms with Gasteiger partial charge in [-0.05, 0) is 49.8 Å². The molecule has 1 aliphatic heterocycles. The summed E-state index contributed by atoms with van der Waals surface area (Å²) in [5.41, 5.74) is 7.53. The molecule has 110 valence electrons. The van der Waals surface area contributed by atoms with Crippen molar-refractivity contribution in [2.45, 2.75) is 43.0 Å². The van der Waals surface area contributed by atoms with Crippen LogP contribution in [0.5, 0.6) is 0 Å². The fourth-order valence-electron chi connectivity index (χ4n) is 3.70. The van der Waals surface area contributed by atoms with Crippen LogP contribution in [0.3, 0.4) is 0 Å². The van der Waals surface area contributed by atoms with E-state index in [9.17, 15) is 8.42 Å². The highest BCUT2D eigenvalue weighted by Crippen LogP contribution is 2.41. The van der Waals surface area contributed by atoms with Crippen LogP contribution in [-0.2, 0) is 10.0 Å². The van der Waals surface area contributed by atoms with E-state index in [1.54, 1.807) is 12.1 Å². The van der Waals surface area contributed by atoms with Gasteiger partial charge in [0.2, 0.25) is 10.0 Å². The molecule has 0 spiro atoms. The average molecular weight is 295 g/mol. The van der Waals surface area contributed by atoms with Gasteiger partial charge in [0.1, 0.15) is 0 Å². The molecule has 0 aromatic heterocycles. The fraction of sp³-hybridized carbons (Fsp3) is 0.571. The van der Waals surface area contributed by atoms with E-state index in [0.717, 1.165) is 24.6 Å². The van der Waals surface area contributed by atoms with Crippen LogP contribution in [0.1, 0.15) is 32.1 Å². The summed E-state index contributed by atoms with van der Waals surface area (Å²) in [6, 6.07) is 5.25. The van der Waals surface area contributed by atoms with E-state index in [1.807, 2.05) is 0 Å². The Hall–Kier alpha value is -1.27. The monoisotopic (exact) mass is 295 g/mol. The molecule has 2 fully saturated rings. The second kappa shape index (κ2) is 4.93. The summed E-state index contributed by atoms with van der Waals surface area (Å²) in [4.78, 5) is 2.44. The lowest BCUT2D eigenvalue weighted by Gasteiger charge is -2.40. The van der Waals surface area contributed by atoms with Crippen molar-refractivity contribution in [3.05, 3.63) is 18.2 Å². The van der Waals surface area contributed by atoms with Crippen molar-refractivity contribution in [3.63, 3.8) is 0 Å². The summed E-state index contributed by atoms with van der Waals surface area (Å²) >= 11 is 0. The van der Waals surface area contributed by atoms with Crippen LogP contribution in [0.4, 0.5) is 11.4 Å². The molecule has 1 aliphatic carbocycles. The zero-order chi connectivity index (χ0) is 14.3. The van der Waals surface area contributed by atoms with Crippen LogP contribution in [0, 0.1) is 5.92 Å². The Kier molecular flexibility index (Phi) is 3.38. The van der Waals surface area contributed by atoms with Crippen LogP contribution < -0.4 is 15.8 Å². The molecule has 0 radical (unpaired) electrons. The first-order valence-electron chi connectivity index (χ1n) is 7.16. The lowest BCUT2D eigenvalue weighted by atomic mass is 9.91. The van der Waals surface area contributed by atoms with Gasteiger partial charge in [-0.3, -0.25) is 0 Å². The average Bonchev–Trinajstić information content (AvgIpc) is 2.86. The van der Waals surface area contributed by atoms with Gasteiger partial charge in [0.05, 0.1) is 16.3 Å². The third-order valence-electron chi connectivity index (χ3n) is 4.63. The van der Waals surface area contributed by atoms with E-state index in [-0.39, 0.29) is 4.90 Å². The standard InChI is InChI=1S/C14H21N3O2S/c15-12-7-6-11(20(16,18)19)9-14(12)17-8-2-4-10-3-1-5-13(10)17/h6-7,9-10,13H,1-5,8,15H2,(H2,16,18,19). The van der Waals surface area contributed by atoms with Crippen LogP contribution >= 0.6 is 0 Å². The molecule has 1 saturated carbocycles. The SMILES string of the molecule is Nc1ccc(S(N)(=O)=O)cc1N1CCCC2CCCC21. The molecular formula is C14H21N3O2S. The number of nitrogens with zero attached hydrogens (tertiary/aromatic N) is 1. The molecule has 5 nitrogen and oxygen atoms in total. The molecule has 0 bridgehead atoms. The number of hydrogen-bond acceptors (Lipinski definition) is 4. The molecular weight excluding hydrogens is 274 g/mol. The van der Waals surface area contributed by atoms with Crippen LogP contribution in [0.25, 0.3) is 0 Å². The van der Waals surface area contributed by atoms with Gasteiger partial charge in [0, 0.05) is 12.6 Å². The molecule has 6 heteroatoms. The summed E-state index contributed by atoms with van der Waals surface area (Å²) in [6.07, 6.45) is 6.11. The van der Waals surface area contributed by atoms with Crippen molar-refractivity contribution < 1.29 is 8.42 Å². The van der Waals surface area contributed by atoms with E-state index >= 15 is 0 Å². The Morgan fingerprint density at radius 1 is 1.15 bits per heavy atom. The van der Waals surface area contributed by atoms with Crippen molar-refractivity contribution in [3.8, 4) is 0 Å². The van der Waals surface area contributed by atoms with E-state index in [0.29, 0.717) is 11.7 Å².